The van der Waals surface area contributed by atoms with Crippen molar-refractivity contribution in [3.05, 3.63) is 0 Å². The largest absolute Gasteiger partial charge is 0.378 e. The lowest BCUT2D eigenvalue weighted by Gasteiger charge is -2.54. The van der Waals surface area contributed by atoms with Gasteiger partial charge >= 0.3 is 0 Å². The van der Waals surface area contributed by atoms with Crippen molar-refractivity contribution in [1.29, 1.82) is 0 Å². The van der Waals surface area contributed by atoms with Crippen LogP contribution in [-0.4, -0.2) is 36.3 Å². The van der Waals surface area contributed by atoms with Gasteiger partial charge in [-0.2, -0.15) is 11.8 Å². The van der Waals surface area contributed by atoms with Gasteiger partial charge in [-0.15, -0.1) is 0 Å². The summed E-state index contributed by atoms with van der Waals surface area (Å²) in [7, 11) is 0. The van der Waals surface area contributed by atoms with Gasteiger partial charge in [0.05, 0.1) is 6.10 Å². The lowest BCUT2D eigenvalue weighted by molar-refractivity contribution is -0.130. The van der Waals surface area contributed by atoms with Crippen LogP contribution in [0.25, 0.3) is 0 Å². The third-order valence-electron chi connectivity index (χ3n) is 5.01. The summed E-state index contributed by atoms with van der Waals surface area (Å²) >= 11 is 1.95. The van der Waals surface area contributed by atoms with Crippen LogP contribution in [0.1, 0.15) is 52.9 Å². The molecule has 0 heterocycles. The summed E-state index contributed by atoms with van der Waals surface area (Å²) in [5.41, 5.74) is 0.477. The van der Waals surface area contributed by atoms with Gasteiger partial charge in [0.2, 0.25) is 0 Å². The number of nitrogens with one attached hydrogen (secondary N) is 1. The maximum Gasteiger partial charge on any atom is 0.0661 e. The third kappa shape index (κ3) is 2.73. The number of hydrogen-bond donors (Lipinski definition) is 1. The van der Waals surface area contributed by atoms with Crippen molar-refractivity contribution >= 4 is 11.8 Å². The summed E-state index contributed by atoms with van der Waals surface area (Å²) in [6.07, 6.45) is 9.49. The van der Waals surface area contributed by atoms with E-state index in [1.807, 2.05) is 11.8 Å². The molecule has 106 valence electrons. The Balaban J connectivity index is 1.90. The van der Waals surface area contributed by atoms with E-state index in [1.54, 1.807) is 0 Å². The molecule has 0 radical (unpaired) electrons. The van der Waals surface area contributed by atoms with Gasteiger partial charge in [0.15, 0.2) is 0 Å². The standard InChI is InChI=1S/C15H29NOS/c1-5-17-13-10-12(15(13)8-6-7-9-15)16-11-14(2,3)18-4/h12-13,16H,5-11H2,1-4H3. The van der Waals surface area contributed by atoms with E-state index in [-0.39, 0.29) is 0 Å². The van der Waals surface area contributed by atoms with Crippen molar-refractivity contribution in [2.75, 3.05) is 19.4 Å². The molecule has 2 aliphatic carbocycles. The zero-order valence-electron chi connectivity index (χ0n) is 12.4. The molecule has 0 aromatic heterocycles. The Labute approximate surface area is 117 Å². The first-order valence-electron chi connectivity index (χ1n) is 7.44. The Morgan fingerprint density at radius 2 is 2.00 bits per heavy atom. The fraction of sp³-hybridized carbons (Fsp3) is 1.00. The third-order valence-corrected chi connectivity index (χ3v) is 6.26. The second-order valence-corrected chi connectivity index (χ2v) is 8.03. The first kappa shape index (κ1) is 14.7. The van der Waals surface area contributed by atoms with E-state index >= 15 is 0 Å². The minimum absolute atomic E-state index is 0.344. The van der Waals surface area contributed by atoms with Gasteiger partial charge in [0.25, 0.3) is 0 Å². The topological polar surface area (TPSA) is 21.3 Å². The molecule has 0 saturated heterocycles. The van der Waals surface area contributed by atoms with Crippen molar-refractivity contribution < 1.29 is 4.74 Å². The Bertz CT molecular complexity index is 274. The summed E-state index contributed by atoms with van der Waals surface area (Å²) in [4.78, 5) is 0. The van der Waals surface area contributed by atoms with Crippen molar-refractivity contribution in [1.82, 2.24) is 5.32 Å². The van der Waals surface area contributed by atoms with Crippen LogP contribution in [0.5, 0.6) is 0 Å². The molecule has 1 N–H and O–H groups in total. The van der Waals surface area contributed by atoms with E-state index in [0.29, 0.717) is 22.3 Å². The van der Waals surface area contributed by atoms with Gasteiger partial charge in [0, 0.05) is 29.4 Å². The molecule has 1 spiro atoms. The zero-order valence-corrected chi connectivity index (χ0v) is 13.2. The van der Waals surface area contributed by atoms with Crippen LogP contribution in [0.15, 0.2) is 0 Å². The van der Waals surface area contributed by atoms with E-state index < -0.39 is 0 Å². The zero-order chi connectivity index (χ0) is 13.2. The Morgan fingerprint density at radius 3 is 2.56 bits per heavy atom. The minimum atomic E-state index is 0.344. The highest BCUT2D eigenvalue weighted by molar-refractivity contribution is 7.99. The highest BCUT2D eigenvalue weighted by Gasteiger charge is 2.56. The van der Waals surface area contributed by atoms with E-state index in [4.69, 9.17) is 4.74 Å². The number of ether oxygens (including phenoxy) is 1. The van der Waals surface area contributed by atoms with Crippen molar-refractivity contribution in [2.45, 2.75) is 69.8 Å². The molecular weight excluding hydrogens is 242 g/mol. The molecule has 0 bridgehead atoms. The molecule has 2 nitrogen and oxygen atoms in total. The van der Waals surface area contributed by atoms with Gasteiger partial charge in [-0.1, -0.05) is 12.8 Å². The van der Waals surface area contributed by atoms with Crippen molar-refractivity contribution in [3.8, 4) is 0 Å². The maximum absolute atomic E-state index is 5.96. The second-order valence-electron chi connectivity index (χ2n) is 6.52. The molecule has 18 heavy (non-hydrogen) atoms. The fourth-order valence-electron chi connectivity index (χ4n) is 3.61. The normalized spacial score (nSPS) is 30.7. The summed E-state index contributed by atoms with van der Waals surface area (Å²) in [5.74, 6) is 0. The van der Waals surface area contributed by atoms with Crippen molar-refractivity contribution in [2.24, 2.45) is 5.41 Å². The molecule has 2 rings (SSSR count). The van der Waals surface area contributed by atoms with Crippen LogP contribution in [0.4, 0.5) is 0 Å². The predicted molar refractivity (Wildman–Crippen MR) is 80.3 cm³/mol. The van der Waals surface area contributed by atoms with Gasteiger partial charge in [-0.3, -0.25) is 0 Å². The summed E-state index contributed by atoms with van der Waals surface area (Å²) < 4.78 is 6.30. The molecule has 0 aromatic carbocycles. The van der Waals surface area contributed by atoms with E-state index in [0.717, 1.165) is 13.2 Å². The summed E-state index contributed by atoms with van der Waals surface area (Å²) in [5, 5.41) is 3.83. The molecule has 0 aromatic rings. The van der Waals surface area contributed by atoms with Gasteiger partial charge in [-0.05, 0) is 46.3 Å². The monoisotopic (exact) mass is 271 g/mol. The second kappa shape index (κ2) is 5.72. The maximum atomic E-state index is 5.96. The lowest BCUT2D eigenvalue weighted by Crippen LogP contribution is -2.63. The Kier molecular flexibility index (Phi) is 4.66. The summed E-state index contributed by atoms with van der Waals surface area (Å²) in [6.45, 7) is 8.75. The molecule has 2 unspecified atom stereocenters. The SMILES string of the molecule is CCOC1CC(NCC(C)(C)SC)C12CCCC2. The van der Waals surface area contributed by atoms with Crippen LogP contribution < -0.4 is 5.32 Å². The van der Waals surface area contributed by atoms with E-state index in [1.165, 1.54) is 32.1 Å². The Morgan fingerprint density at radius 1 is 1.33 bits per heavy atom. The molecule has 3 heteroatoms. The first-order chi connectivity index (χ1) is 8.54. The van der Waals surface area contributed by atoms with Crippen LogP contribution in [-0.2, 0) is 4.74 Å². The van der Waals surface area contributed by atoms with E-state index in [2.05, 4.69) is 32.3 Å². The fourth-order valence-corrected chi connectivity index (χ4v) is 3.84. The van der Waals surface area contributed by atoms with Crippen LogP contribution in [0.3, 0.4) is 0 Å². The molecule has 2 aliphatic rings. The predicted octanol–water partition coefficient (Wildman–Crippen LogP) is 3.46. The van der Waals surface area contributed by atoms with Crippen LogP contribution >= 0.6 is 11.8 Å². The number of thioether (sulfide) groups is 1. The summed E-state index contributed by atoms with van der Waals surface area (Å²) in [6, 6.07) is 0.697. The van der Waals surface area contributed by atoms with Crippen LogP contribution in [0.2, 0.25) is 0 Å². The molecule has 2 saturated carbocycles. The van der Waals surface area contributed by atoms with Crippen LogP contribution in [0, 0.1) is 5.41 Å². The quantitative estimate of drug-likeness (QED) is 0.799. The highest BCUT2D eigenvalue weighted by Crippen LogP contribution is 2.54. The average Bonchev–Trinajstić information content (AvgIpc) is 2.85. The number of hydrogen-bond acceptors (Lipinski definition) is 3. The lowest BCUT2D eigenvalue weighted by atomic mass is 9.60. The molecule has 2 atom stereocenters. The Hall–Kier alpha value is 0.270. The average molecular weight is 271 g/mol. The molecule has 2 fully saturated rings. The number of rotatable bonds is 6. The van der Waals surface area contributed by atoms with Gasteiger partial charge < -0.3 is 10.1 Å². The molecular formula is C15H29NOS. The van der Waals surface area contributed by atoms with E-state index in [9.17, 15) is 0 Å². The minimum Gasteiger partial charge on any atom is -0.378 e. The highest BCUT2D eigenvalue weighted by atomic mass is 32.2. The first-order valence-corrected chi connectivity index (χ1v) is 8.67. The van der Waals surface area contributed by atoms with Gasteiger partial charge in [-0.25, -0.2) is 0 Å². The van der Waals surface area contributed by atoms with Crippen molar-refractivity contribution in [3.63, 3.8) is 0 Å². The smallest absolute Gasteiger partial charge is 0.0661 e. The molecule has 0 aliphatic heterocycles. The molecule has 0 amide bonds. The van der Waals surface area contributed by atoms with Gasteiger partial charge in [0.1, 0.15) is 0 Å².